The molecule has 0 radical (unpaired) electrons. The molecule has 0 heterocycles. The molecule has 2 N–H and O–H groups in total. The van der Waals surface area contributed by atoms with Crippen molar-refractivity contribution in [3.8, 4) is 0 Å². The van der Waals surface area contributed by atoms with Gasteiger partial charge in [0.15, 0.2) is 0 Å². The summed E-state index contributed by atoms with van der Waals surface area (Å²) in [7, 11) is 0. The van der Waals surface area contributed by atoms with Gasteiger partial charge in [0.25, 0.3) is 0 Å². The number of hydrogen-bond acceptors (Lipinski definition) is 4. The van der Waals surface area contributed by atoms with Gasteiger partial charge in [-0.15, -0.1) is 0 Å². The molecule has 0 rings (SSSR count). The van der Waals surface area contributed by atoms with Gasteiger partial charge < -0.3 is 14.6 Å². The van der Waals surface area contributed by atoms with Crippen LogP contribution in [0.5, 0.6) is 0 Å². The van der Waals surface area contributed by atoms with E-state index in [0.717, 1.165) is 12.8 Å². The number of carboxylic acid groups (broad SMARTS) is 1. The van der Waals surface area contributed by atoms with Gasteiger partial charge >= 0.3 is 5.97 Å². The van der Waals surface area contributed by atoms with Crippen LogP contribution in [0.25, 0.3) is 0 Å². The summed E-state index contributed by atoms with van der Waals surface area (Å²) in [6.45, 7) is 10.2. The number of carboxylic acids is 1. The Balaban J connectivity index is 3.74. The van der Waals surface area contributed by atoms with Crippen molar-refractivity contribution in [3.63, 3.8) is 0 Å². The molecule has 1 unspecified atom stereocenters. The number of ether oxygens (including phenoxy) is 2. The second-order valence-electron chi connectivity index (χ2n) is 5.20. The summed E-state index contributed by atoms with van der Waals surface area (Å²) in [4.78, 5) is 11.3. The van der Waals surface area contributed by atoms with Gasteiger partial charge in [0.05, 0.1) is 13.2 Å². The fraction of sp³-hybridized carbons (Fsp3) is 0.929. The highest BCUT2D eigenvalue weighted by Gasteiger charge is 2.32. The molecule has 0 bridgehead atoms. The molecule has 0 aromatic rings. The Morgan fingerprint density at radius 2 is 1.84 bits per heavy atom. The molecule has 0 aromatic heterocycles. The zero-order valence-corrected chi connectivity index (χ0v) is 12.7. The van der Waals surface area contributed by atoms with Crippen molar-refractivity contribution in [2.75, 3.05) is 26.4 Å². The van der Waals surface area contributed by atoms with E-state index in [0.29, 0.717) is 32.8 Å². The van der Waals surface area contributed by atoms with E-state index < -0.39 is 11.5 Å². The molecule has 1 atom stereocenters. The highest BCUT2D eigenvalue weighted by atomic mass is 16.5. The SMILES string of the molecule is CCOCCOCCCCC(C)(NC(C)C)C(=O)O. The molecule has 5 nitrogen and oxygen atoms in total. The predicted molar refractivity (Wildman–Crippen MR) is 75.5 cm³/mol. The smallest absolute Gasteiger partial charge is 0.323 e. The number of rotatable bonds is 12. The molecule has 0 saturated heterocycles. The summed E-state index contributed by atoms with van der Waals surface area (Å²) in [6.07, 6.45) is 2.31. The lowest BCUT2D eigenvalue weighted by Crippen LogP contribution is -2.52. The molecule has 0 amide bonds. The lowest BCUT2D eigenvalue weighted by atomic mass is 9.94. The lowest BCUT2D eigenvalue weighted by Gasteiger charge is -2.28. The van der Waals surface area contributed by atoms with E-state index in [1.807, 2.05) is 20.8 Å². The zero-order chi connectivity index (χ0) is 14.7. The third-order valence-corrected chi connectivity index (χ3v) is 2.87. The first-order chi connectivity index (χ1) is 8.92. The molecule has 19 heavy (non-hydrogen) atoms. The van der Waals surface area contributed by atoms with Crippen LogP contribution in [0.15, 0.2) is 0 Å². The molecule has 0 fully saturated rings. The molecule has 0 aromatic carbocycles. The maximum atomic E-state index is 11.3. The van der Waals surface area contributed by atoms with E-state index in [1.165, 1.54) is 0 Å². The number of nitrogens with one attached hydrogen (secondary N) is 1. The van der Waals surface area contributed by atoms with Crippen LogP contribution in [-0.4, -0.2) is 49.1 Å². The van der Waals surface area contributed by atoms with E-state index in [9.17, 15) is 9.90 Å². The van der Waals surface area contributed by atoms with Gasteiger partial charge in [0.1, 0.15) is 5.54 Å². The Morgan fingerprint density at radius 3 is 2.37 bits per heavy atom. The second-order valence-corrected chi connectivity index (χ2v) is 5.20. The summed E-state index contributed by atoms with van der Waals surface area (Å²) in [5, 5.41) is 12.4. The molecule has 0 aliphatic heterocycles. The molecule has 0 spiro atoms. The second kappa shape index (κ2) is 10.2. The average Bonchev–Trinajstić information content (AvgIpc) is 2.31. The van der Waals surface area contributed by atoms with Crippen molar-refractivity contribution in [1.82, 2.24) is 5.32 Å². The molecule has 5 heteroatoms. The van der Waals surface area contributed by atoms with Crippen LogP contribution in [0.4, 0.5) is 0 Å². The Morgan fingerprint density at radius 1 is 1.21 bits per heavy atom. The summed E-state index contributed by atoms with van der Waals surface area (Å²) in [6, 6.07) is 0.156. The number of hydrogen-bond donors (Lipinski definition) is 2. The van der Waals surface area contributed by atoms with Gasteiger partial charge in [-0.2, -0.15) is 0 Å². The van der Waals surface area contributed by atoms with Gasteiger partial charge in [-0.05, 0) is 47.0 Å². The topological polar surface area (TPSA) is 67.8 Å². The molecule has 0 saturated carbocycles. The fourth-order valence-corrected chi connectivity index (χ4v) is 1.92. The maximum absolute atomic E-state index is 11.3. The third-order valence-electron chi connectivity index (χ3n) is 2.87. The number of unbranched alkanes of at least 4 members (excludes halogenated alkanes) is 1. The minimum Gasteiger partial charge on any atom is -0.480 e. The van der Waals surface area contributed by atoms with Gasteiger partial charge in [0.2, 0.25) is 0 Å². The monoisotopic (exact) mass is 275 g/mol. The van der Waals surface area contributed by atoms with Crippen molar-refractivity contribution < 1.29 is 19.4 Å². The van der Waals surface area contributed by atoms with Crippen molar-refractivity contribution >= 4 is 5.97 Å². The summed E-state index contributed by atoms with van der Waals surface area (Å²) >= 11 is 0. The van der Waals surface area contributed by atoms with Gasteiger partial charge in [-0.3, -0.25) is 10.1 Å². The summed E-state index contributed by atoms with van der Waals surface area (Å²) in [5.74, 6) is -0.793. The van der Waals surface area contributed by atoms with Gasteiger partial charge in [0, 0.05) is 19.3 Å². The van der Waals surface area contributed by atoms with Crippen LogP contribution in [-0.2, 0) is 14.3 Å². The van der Waals surface area contributed by atoms with E-state index in [-0.39, 0.29) is 6.04 Å². The average molecular weight is 275 g/mol. The Hall–Kier alpha value is -0.650. The number of carbonyl (C=O) groups is 1. The van der Waals surface area contributed by atoms with Crippen LogP contribution in [0.2, 0.25) is 0 Å². The number of aliphatic carboxylic acids is 1. The van der Waals surface area contributed by atoms with Gasteiger partial charge in [-0.25, -0.2) is 0 Å². The summed E-state index contributed by atoms with van der Waals surface area (Å²) < 4.78 is 10.6. The van der Waals surface area contributed by atoms with Crippen molar-refractivity contribution in [2.24, 2.45) is 0 Å². The molecular formula is C14H29NO4. The fourth-order valence-electron chi connectivity index (χ4n) is 1.92. The van der Waals surface area contributed by atoms with E-state index in [4.69, 9.17) is 9.47 Å². The highest BCUT2D eigenvalue weighted by Crippen LogP contribution is 2.15. The molecule has 0 aliphatic rings. The van der Waals surface area contributed by atoms with Crippen LogP contribution >= 0.6 is 0 Å². The first kappa shape index (κ1) is 18.4. The first-order valence-corrected chi connectivity index (χ1v) is 7.09. The van der Waals surface area contributed by atoms with Crippen molar-refractivity contribution in [1.29, 1.82) is 0 Å². The first-order valence-electron chi connectivity index (χ1n) is 7.09. The van der Waals surface area contributed by atoms with Crippen LogP contribution in [0, 0.1) is 0 Å². The zero-order valence-electron chi connectivity index (χ0n) is 12.7. The molecular weight excluding hydrogens is 246 g/mol. The predicted octanol–water partition coefficient (Wildman–Crippen LogP) is 2.05. The maximum Gasteiger partial charge on any atom is 0.323 e. The van der Waals surface area contributed by atoms with Crippen molar-refractivity contribution in [2.45, 2.75) is 58.5 Å². The van der Waals surface area contributed by atoms with Crippen molar-refractivity contribution in [3.05, 3.63) is 0 Å². The summed E-state index contributed by atoms with van der Waals surface area (Å²) in [5.41, 5.74) is -0.848. The van der Waals surface area contributed by atoms with Crippen LogP contribution in [0.3, 0.4) is 0 Å². The Labute approximate surface area is 116 Å². The van der Waals surface area contributed by atoms with E-state index in [1.54, 1.807) is 6.92 Å². The van der Waals surface area contributed by atoms with E-state index in [2.05, 4.69) is 5.32 Å². The van der Waals surface area contributed by atoms with E-state index >= 15 is 0 Å². The standard InChI is InChI=1S/C14H29NO4/c1-5-18-10-11-19-9-7-6-8-14(4,13(16)17)15-12(2)3/h12,15H,5-11H2,1-4H3,(H,16,17). The minimum absolute atomic E-state index is 0.156. The molecule has 114 valence electrons. The van der Waals surface area contributed by atoms with Crippen LogP contribution in [0.1, 0.15) is 47.0 Å². The Bertz CT molecular complexity index is 246. The largest absolute Gasteiger partial charge is 0.480 e. The highest BCUT2D eigenvalue weighted by molar-refractivity contribution is 5.78. The molecule has 0 aliphatic carbocycles. The Kier molecular flexibility index (Phi) is 9.83. The normalized spacial score (nSPS) is 14.6. The third kappa shape index (κ3) is 8.97. The van der Waals surface area contributed by atoms with Crippen LogP contribution < -0.4 is 5.32 Å². The van der Waals surface area contributed by atoms with Gasteiger partial charge in [-0.1, -0.05) is 0 Å². The quantitative estimate of drug-likeness (QED) is 0.534. The minimum atomic E-state index is -0.848. The lowest BCUT2D eigenvalue weighted by molar-refractivity contribution is -0.144.